The van der Waals surface area contributed by atoms with Crippen LogP contribution in [0.15, 0.2) is 24.3 Å². The number of carbonyl (C=O) groups is 2. The molecule has 0 radical (unpaired) electrons. The molecule has 0 saturated heterocycles. The summed E-state index contributed by atoms with van der Waals surface area (Å²) >= 11 is 5.99. The van der Waals surface area contributed by atoms with Gasteiger partial charge in [0.1, 0.15) is 6.04 Å². The summed E-state index contributed by atoms with van der Waals surface area (Å²) in [5, 5.41) is 2.99. The third-order valence-electron chi connectivity index (χ3n) is 4.56. The minimum atomic E-state index is -0.697. The number of halogens is 1. The number of hydrogen-bond acceptors (Lipinski definition) is 3. The van der Waals surface area contributed by atoms with Crippen molar-refractivity contribution in [3.05, 3.63) is 34.9 Å². The maximum Gasteiger partial charge on any atom is 0.328 e. The van der Waals surface area contributed by atoms with Gasteiger partial charge < -0.3 is 10.1 Å². The summed E-state index contributed by atoms with van der Waals surface area (Å²) in [4.78, 5) is 24.1. The van der Waals surface area contributed by atoms with Gasteiger partial charge in [-0.2, -0.15) is 0 Å². The third kappa shape index (κ3) is 10.4. The van der Waals surface area contributed by atoms with Crippen LogP contribution in [0.2, 0.25) is 5.02 Å². The van der Waals surface area contributed by atoms with Crippen molar-refractivity contribution in [2.24, 2.45) is 0 Å². The van der Waals surface area contributed by atoms with E-state index in [4.69, 9.17) is 16.3 Å². The molecule has 0 heterocycles. The van der Waals surface area contributed by atoms with Crippen molar-refractivity contribution in [3.63, 3.8) is 0 Å². The van der Waals surface area contributed by atoms with Gasteiger partial charge in [0, 0.05) is 0 Å². The molecule has 0 bridgehead atoms. The minimum Gasteiger partial charge on any atom is -0.464 e. The molecule has 0 aliphatic rings. The second-order valence-corrected chi connectivity index (χ2v) is 7.43. The fraction of sp³-hybridized carbons (Fsp3) is 0.636. The Kier molecular flexibility index (Phi) is 12.6. The average Bonchev–Trinajstić information content (AvgIpc) is 2.66. The molecule has 0 spiro atoms. The van der Waals surface area contributed by atoms with Gasteiger partial charge in [-0.25, -0.2) is 4.79 Å². The summed E-state index contributed by atoms with van der Waals surface area (Å²) in [6, 6.07) is 6.06. The van der Waals surface area contributed by atoms with Gasteiger partial charge in [-0.3, -0.25) is 4.79 Å². The molecular weight excluding hydrogens is 362 g/mol. The van der Waals surface area contributed by atoms with Crippen molar-refractivity contribution in [3.8, 4) is 0 Å². The van der Waals surface area contributed by atoms with Crippen LogP contribution in [-0.2, 0) is 9.53 Å². The highest BCUT2D eigenvalue weighted by Crippen LogP contribution is 2.15. The molecule has 27 heavy (non-hydrogen) atoms. The van der Waals surface area contributed by atoms with Gasteiger partial charge >= 0.3 is 5.97 Å². The van der Waals surface area contributed by atoms with E-state index in [1.807, 2.05) is 0 Å². The van der Waals surface area contributed by atoms with E-state index in [0.717, 1.165) is 12.8 Å². The standard InChI is InChI=1S/C22H34ClNO3/c1-3-4-5-6-7-8-9-10-11-14-17-27-22(26)18(2)24-21(25)19-15-12-13-16-20(19)23/h12-13,15-16,18H,3-11,14,17H2,1-2H3,(H,24,25). The van der Waals surface area contributed by atoms with Crippen LogP contribution in [-0.4, -0.2) is 24.5 Å². The zero-order chi connectivity index (χ0) is 19.9. The summed E-state index contributed by atoms with van der Waals surface area (Å²) in [7, 11) is 0. The highest BCUT2D eigenvalue weighted by Gasteiger charge is 2.19. The Hall–Kier alpha value is -1.55. The van der Waals surface area contributed by atoms with Gasteiger partial charge in [0.25, 0.3) is 5.91 Å². The van der Waals surface area contributed by atoms with Crippen molar-refractivity contribution >= 4 is 23.5 Å². The number of hydrogen-bond donors (Lipinski definition) is 1. The maximum absolute atomic E-state index is 12.1. The van der Waals surface area contributed by atoms with Crippen molar-refractivity contribution in [1.29, 1.82) is 0 Å². The predicted molar refractivity (Wildman–Crippen MR) is 111 cm³/mol. The van der Waals surface area contributed by atoms with E-state index < -0.39 is 12.0 Å². The number of rotatable bonds is 14. The molecule has 1 aromatic rings. The van der Waals surface area contributed by atoms with Gasteiger partial charge in [-0.15, -0.1) is 0 Å². The van der Waals surface area contributed by atoms with Gasteiger partial charge in [0.05, 0.1) is 17.2 Å². The Labute approximate surface area is 169 Å². The lowest BCUT2D eigenvalue weighted by Gasteiger charge is -2.14. The van der Waals surface area contributed by atoms with Crippen LogP contribution in [0.1, 0.15) is 88.4 Å². The molecule has 5 heteroatoms. The fourth-order valence-corrected chi connectivity index (χ4v) is 3.09. The van der Waals surface area contributed by atoms with Gasteiger partial charge in [-0.1, -0.05) is 88.4 Å². The monoisotopic (exact) mass is 395 g/mol. The SMILES string of the molecule is CCCCCCCCCCCCOC(=O)C(C)NC(=O)c1ccccc1Cl. The zero-order valence-corrected chi connectivity index (χ0v) is 17.5. The lowest BCUT2D eigenvalue weighted by Crippen LogP contribution is -2.39. The lowest BCUT2D eigenvalue weighted by atomic mass is 10.1. The Morgan fingerprint density at radius 1 is 0.963 bits per heavy atom. The van der Waals surface area contributed by atoms with Gasteiger partial charge in [-0.05, 0) is 25.5 Å². The summed E-state index contributed by atoms with van der Waals surface area (Å²) < 4.78 is 5.26. The third-order valence-corrected chi connectivity index (χ3v) is 4.89. The molecule has 1 rings (SSSR count). The van der Waals surface area contributed by atoms with E-state index >= 15 is 0 Å². The van der Waals surface area contributed by atoms with Crippen molar-refractivity contribution in [2.75, 3.05) is 6.61 Å². The smallest absolute Gasteiger partial charge is 0.328 e. The Morgan fingerprint density at radius 2 is 1.52 bits per heavy atom. The number of ether oxygens (including phenoxy) is 1. The van der Waals surface area contributed by atoms with Crippen LogP contribution < -0.4 is 5.32 Å². The number of unbranched alkanes of at least 4 members (excludes halogenated alkanes) is 9. The molecular formula is C22H34ClNO3. The molecule has 1 N–H and O–H groups in total. The first-order chi connectivity index (χ1) is 13.1. The molecule has 1 aromatic carbocycles. The summed E-state index contributed by atoms with van der Waals surface area (Å²) in [5.74, 6) is -0.782. The van der Waals surface area contributed by atoms with Crippen LogP contribution in [0, 0.1) is 0 Å². The average molecular weight is 396 g/mol. The van der Waals surface area contributed by atoms with Crippen molar-refractivity contribution in [1.82, 2.24) is 5.32 Å². The predicted octanol–water partition coefficient (Wildman–Crippen LogP) is 5.92. The number of carbonyl (C=O) groups excluding carboxylic acids is 2. The van der Waals surface area contributed by atoms with Crippen molar-refractivity contribution in [2.45, 2.75) is 84.1 Å². The number of benzene rings is 1. The largest absolute Gasteiger partial charge is 0.464 e. The maximum atomic E-state index is 12.1. The Morgan fingerprint density at radius 3 is 2.11 bits per heavy atom. The topological polar surface area (TPSA) is 55.4 Å². The molecule has 1 unspecified atom stereocenters. The molecule has 0 fully saturated rings. The van der Waals surface area contributed by atoms with E-state index in [0.29, 0.717) is 17.2 Å². The highest BCUT2D eigenvalue weighted by molar-refractivity contribution is 6.33. The van der Waals surface area contributed by atoms with Crippen LogP contribution in [0.4, 0.5) is 0 Å². The Balaban J connectivity index is 2.07. The summed E-state index contributed by atoms with van der Waals surface area (Å²) in [5.41, 5.74) is 0.355. The van der Waals surface area contributed by atoms with Crippen LogP contribution in [0.5, 0.6) is 0 Å². The number of esters is 1. The Bertz CT molecular complexity index is 562. The summed E-state index contributed by atoms with van der Waals surface area (Å²) in [6.45, 7) is 4.26. The first-order valence-electron chi connectivity index (χ1n) is 10.3. The number of nitrogens with one attached hydrogen (secondary N) is 1. The van der Waals surface area contributed by atoms with E-state index in [9.17, 15) is 9.59 Å². The second-order valence-electron chi connectivity index (χ2n) is 7.02. The van der Waals surface area contributed by atoms with E-state index in [-0.39, 0.29) is 5.91 Å². The molecule has 0 saturated carbocycles. The molecule has 0 aromatic heterocycles. The number of amides is 1. The molecule has 152 valence electrons. The normalized spacial score (nSPS) is 11.8. The minimum absolute atomic E-state index is 0.355. The first kappa shape index (κ1) is 23.5. The summed E-state index contributed by atoms with van der Waals surface area (Å²) in [6.07, 6.45) is 12.4. The molecule has 0 aliphatic heterocycles. The highest BCUT2D eigenvalue weighted by atomic mass is 35.5. The van der Waals surface area contributed by atoms with Gasteiger partial charge in [0.2, 0.25) is 0 Å². The van der Waals surface area contributed by atoms with E-state index in [2.05, 4.69) is 12.2 Å². The molecule has 4 nitrogen and oxygen atoms in total. The molecule has 1 amide bonds. The zero-order valence-electron chi connectivity index (χ0n) is 16.8. The lowest BCUT2D eigenvalue weighted by molar-refractivity contribution is -0.145. The van der Waals surface area contributed by atoms with Crippen LogP contribution in [0.25, 0.3) is 0 Å². The first-order valence-corrected chi connectivity index (χ1v) is 10.7. The molecule has 1 atom stereocenters. The van der Waals surface area contributed by atoms with E-state index in [1.165, 1.54) is 51.4 Å². The van der Waals surface area contributed by atoms with Gasteiger partial charge in [0.15, 0.2) is 0 Å². The molecule has 0 aliphatic carbocycles. The van der Waals surface area contributed by atoms with Crippen LogP contribution in [0.3, 0.4) is 0 Å². The van der Waals surface area contributed by atoms with Crippen LogP contribution >= 0.6 is 11.6 Å². The van der Waals surface area contributed by atoms with Crippen molar-refractivity contribution < 1.29 is 14.3 Å². The second kappa shape index (κ2) is 14.5. The fourth-order valence-electron chi connectivity index (χ4n) is 2.87. The van der Waals surface area contributed by atoms with E-state index in [1.54, 1.807) is 31.2 Å². The quantitative estimate of drug-likeness (QED) is 0.314.